The highest BCUT2D eigenvalue weighted by molar-refractivity contribution is 6.29. The third-order valence-corrected chi connectivity index (χ3v) is 2.88. The predicted molar refractivity (Wildman–Crippen MR) is 71.8 cm³/mol. The maximum atomic E-state index is 11.9. The number of hydrogen-bond acceptors (Lipinski definition) is 2. The zero-order chi connectivity index (χ0) is 13.0. The average Bonchev–Trinajstić information content (AvgIpc) is 2.89. The van der Waals surface area contributed by atoms with Crippen LogP contribution in [-0.2, 0) is 11.3 Å². The monoisotopic (exact) mass is 263 g/mol. The highest BCUT2D eigenvalue weighted by atomic mass is 35.5. The number of benzene rings is 1. The maximum absolute atomic E-state index is 11.9. The number of furan rings is 1. The Labute approximate surface area is 111 Å². The van der Waals surface area contributed by atoms with Gasteiger partial charge in [0.2, 0.25) is 5.91 Å². The first kappa shape index (κ1) is 12.7. The van der Waals surface area contributed by atoms with Crippen LogP contribution in [0.2, 0.25) is 0 Å². The van der Waals surface area contributed by atoms with Gasteiger partial charge in [-0.15, -0.1) is 11.6 Å². The van der Waals surface area contributed by atoms with Crippen LogP contribution in [0.3, 0.4) is 0 Å². The first-order valence-electron chi connectivity index (χ1n) is 5.66. The van der Waals surface area contributed by atoms with Crippen LogP contribution >= 0.6 is 11.6 Å². The van der Waals surface area contributed by atoms with E-state index in [1.54, 1.807) is 17.2 Å². The summed E-state index contributed by atoms with van der Waals surface area (Å²) in [6.07, 6.45) is 1.59. The fraction of sp³-hybridized carbons (Fsp3) is 0.214. The number of rotatable bonds is 4. The van der Waals surface area contributed by atoms with Gasteiger partial charge in [-0.25, -0.2) is 0 Å². The molecule has 0 N–H and O–H groups in total. The Bertz CT molecular complexity index is 505. The van der Waals surface area contributed by atoms with Crippen LogP contribution in [0.25, 0.3) is 0 Å². The van der Waals surface area contributed by atoms with Crippen molar-refractivity contribution in [1.82, 2.24) is 0 Å². The smallest absolute Gasteiger partial charge is 0.242 e. The highest BCUT2D eigenvalue weighted by Gasteiger charge is 2.16. The number of anilines is 1. The molecule has 0 aliphatic heterocycles. The quantitative estimate of drug-likeness (QED) is 0.793. The van der Waals surface area contributed by atoms with Crippen LogP contribution in [0.15, 0.2) is 47.1 Å². The first-order valence-corrected chi connectivity index (χ1v) is 6.19. The molecule has 0 spiro atoms. The Kier molecular flexibility index (Phi) is 4.05. The van der Waals surface area contributed by atoms with Crippen molar-refractivity contribution in [3.05, 3.63) is 54.0 Å². The first-order chi connectivity index (χ1) is 8.70. The summed E-state index contributed by atoms with van der Waals surface area (Å²) in [5.74, 6) is 0.542. The lowest BCUT2D eigenvalue weighted by molar-refractivity contribution is -0.116. The number of aryl methyl sites for hydroxylation is 1. The molecule has 0 aliphatic carbocycles. The molecule has 1 aromatic heterocycles. The molecule has 0 atom stereocenters. The van der Waals surface area contributed by atoms with E-state index in [1.807, 2.05) is 37.3 Å². The summed E-state index contributed by atoms with van der Waals surface area (Å²) in [7, 11) is 0. The van der Waals surface area contributed by atoms with Crippen molar-refractivity contribution in [3.8, 4) is 0 Å². The maximum Gasteiger partial charge on any atom is 0.242 e. The lowest BCUT2D eigenvalue weighted by Crippen LogP contribution is -2.31. The second-order valence-corrected chi connectivity index (χ2v) is 4.30. The van der Waals surface area contributed by atoms with Gasteiger partial charge in [-0.05, 0) is 31.2 Å². The molecule has 18 heavy (non-hydrogen) atoms. The third kappa shape index (κ3) is 2.93. The molecule has 0 aliphatic rings. The van der Waals surface area contributed by atoms with Gasteiger partial charge in [0.25, 0.3) is 0 Å². The Morgan fingerprint density at radius 1 is 1.28 bits per heavy atom. The van der Waals surface area contributed by atoms with Gasteiger partial charge in [-0.1, -0.05) is 17.7 Å². The molecule has 1 amide bonds. The van der Waals surface area contributed by atoms with Crippen molar-refractivity contribution in [2.45, 2.75) is 13.5 Å². The van der Waals surface area contributed by atoms with Gasteiger partial charge in [0, 0.05) is 5.69 Å². The normalized spacial score (nSPS) is 10.3. The zero-order valence-corrected chi connectivity index (χ0v) is 10.9. The molecule has 0 radical (unpaired) electrons. The number of halogens is 1. The van der Waals surface area contributed by atoms with Crippen LogP contribution in [0.4, 0.5) is 5.69 Å². The largest absolute Gasteiger partial charge is 0.467 e. The highest BCUT2D eigenvalue weighted by Crippen LogP contribution is 2.19. The van der Waals surface area contributed by atoms with E-state index in [1.165, 1.54) is 0 Å². The number of alkyl halides is 1. The molecule has 94 valence electrons. The van der Waals surface area contributed by atoms with Crippen LogP contribution in [0.5, 0.6) is 0 Å². The van der Waals surface area contributed by atoms with E-state index in [9.17, 15) is 4.79 Å². The van der Waals surface area contributed by atoms with E-state index in [2.05, 4.69) is 0 Å². The Morgan fingerprint density at radius 3 is 2.56 bits per heavy atom. The fourth-order valence-corrected chi connectivity index (χ4v) is 1.82. The molecular formula is C14H14ClNO2. The minimum Gasteiger partial charge on any atom is -0.467 e. The SMILES string of the molecule is Cc1ccc(N(Cc2ccco2)C(=O)CCl)cc1. The fourth-order valence-electron chi connectivity index (χ4n) is 1.68. The molecule has 2 rings (SSSR count). The second-order valence-electron chi connectivity index (χ2n) is 4.03. The molecule has 2 aromatic rings. The van der Waals surface area contributed by atoms with Gasteiger partial charge in [0.05, 0.1) is 12.8 Å². The third-order valence-electron chi connectivity index (χ3n) is 2.66. The van der Waals surface area contributed by atoms with Crippen molar-refractivity contribution in [3.63, 3.8) is 0 Å². The van der Waals surface area contributed by atoms with E-state index >= 15 is 0 Å². The lowest BCUT2D eigenvalue weighted by Gasteiger charge is -2.21. The summed E-state index contributed by atoms with van der Waals surface area (Å²) in [6, 6.07) is 11.4. The van der Waals surface area contributed by atoms with Crippen molar-refractivity contribution < 1.29 is 9.21 Å². The van der Waals surface area contributed by atoms with Crippen LogP contribution in [-0.4, -0.2) is 11.8 Å². The summed E-state index contributed by atoms with van der Waals surface area (Å²) in [5.41, 5.74) is 1.97. The summed E-state index contributed by atoms with van der Waals surface area (Å²) < 4.78 is 5.27. The molecule has 0 unspecified atom stereocenters. The number of carbonyl (C=O) groups is 1. The van der Waals surface area contributed by atoms with Gasteiger partial charge in [0.1, 0.15) is 11.6 Å². The lowest BCUT2D eigenvalue weighted by atomic mass is 10.2. The molecule has 0 fully saturated rings. The van der Waals surface area contributed by atoms with E-state index in [0.717, 1.165) is 17.0 Å². The Balaban J connectivity index is 2.25. The Morgan fingerprint density at radius 2 is 2.00 bits per heavy atom. The minimum absolute atomic E-state index is 0.0470. The number of carbonyl (C=O) groups excluding carboxylic acids is 1. The molecular weight excluding hydrogens is 250 g/mol. The van der Waals surface area contributed by atoms with Crippen LogP contribution < -0.4 is 4.90 Å². The van der Waals surface area contributed by atoms with Gasteiger partial charge in [-0.3, -0.25) is 4.79 Å². The van der Waals surface area contributed by atoms with E-state index in [-0.39, 0.29) is 11.8 Å². The molecule has 1 aromatic carbocycles. The number of hydrogen-bond donors (Lipinski definition) is 0. The van der Waals surface area contributed by atoms with Gasteiger partial charge < -0.3 is 9.32 Å². The second kappa shape index (κ2) is 5.74. The van der Waals surface area contributed by atoms with Crippen LogP contribution in [0.1, 0.15) is 11.3 Å². The van der Waals surface area contributed by atoms with Crippen molar-refractivity contribution in [2.24, 2.45) is 0 Å². The Hall–Kier alpha value is -1.74. The average molecular weight is 264 g/mol. The van der Waals surface area contributed by atoms with E-state index < -0.39 is 0 Å². The molecule has 0 saturated carbocycles. The minimum atomic E-state index is -0.142. The van der Waals surface area contributed by atoms with Crippen molar-refractivity contribution >= 4 is 23.2 Å². The van der Waals surface area contributed by atoms with E-state index in [0.29, 0.717) is 6.54 Å². The van der Waals surface area contributed by atoms with Crippen LogP contribution in [0, 0.1) is 6.92 Å². The summed E-state index contributed by atoms with van der Waals surface area (Å²) in [4.78, 5) is 13.5. The molecule has 0 bridgehead atoms. The summed E-state index contributed by atoms with van der Waals surface area (Å²) in [6.45, 7) is 2.39. The van der Waals surface area contributed by atoms with Gasteiger partial charge >= 0.3 is 0 Å². The van der Waals surface area contributed by atoms with E-state index in [4.69, 9.17) is 16.0 Å². The molecule has 3 nitrogen and oxygen atoms in total. The topological polar surface area (TPSA) is 33.5 Å². The van der Waals surface area contributed by atoms with Crippen molar-refractivity contribution in [1.29, 1.82) is 0 Å². The van der Waals surface area contributed by atoms with Gasteiger partial charge in [-0.2, -0.15) is 0 Å². The standard InChI is InChI=1S/C14H14ClNO2/c1-11-4-6-12(7-5-11)16(14(17)9-15)10-13-3-2-8-18-13/h2-8H,9-10H2,1H3. The van der Waals surface area contributed by atoms with Crippen molar-refractivity contribution in [2.75, 3.05) is 10.8 Å². The summed E-state index contributed by atoms with van der Waals surface area (Å²) in [5, 5.41) is 0. The molecule has 0 saturated heterocycles. The number of nitrogens with zero attached hydrogens (tertiary/aromatic N) is 1. The van der Waals surface area contributed by atoms with Gasteiger partial charge in [0.15, 0.2) is 0 Å². The predicted octanol–water partition coefficient (Wildman–Crippen LogP) is 3.36. The summed E-state index contributed by atoms with van der Waals surface area (Å²) >= 11 is 5.65. The number of amides is 1. The zero-order valence-electron chi connectivity index (χ0n) is 10.1. The molecule has 1 heterocycles. The molecule has 4 heteroatoms.